The predicted molar refractivity (Wildman–Crippen MR) is 69.0 cm³/mol. The van der Waals surface area contributed by atoms with Crippen molar-refractivity contribution in [2.24, 2.45) is 0 Å². The zero-order valence-electron chi connectivity index (χ0n) is 11.3. The van der Waals surface area contributed by atoms with Crippen LogP contribution in [0.2, 0.25) is 0 Å². The van der Waals surface area contributed by atoms with Crippen molar-refractivity contribution in [2.75, 3.05) is 13.2 Å². The number of rotatable bonds is 7. The van der Waals surface area contributed by atoms with Crippen molar-refractivity contribution in [3.63, 3.8) is 0 Å². The lowest BCUT2D eigenvalue weighted by Crippen LogP contribution is -2.47. The molecule has 1 rings (SSSR count). The number of carbonyl (C=O) groups is 1. The van der Waals surface area contributed by atoms with Crippen LogP contribution in [-0.2, 0) is 9.53 Å². The van der Waals surface area contributed by atoms with Crippen molar-refractivity contribution in [2.45, 2.75) is 64.6 Å². The Balaban J connectivity index is 2.17. The summed E-state index contributed by atoms with van der Waals surface area (Å²) >= 11 is 0. The van der Waals surface area contributed by atoms with Gasteiger partial charge in [0, 0.05) is 19.2 Å². The van der Waals surface area contributed by atoms with E-state index in [1.807, 2.05) is 20.8 Å². The Morgan fingerprint density at radius 3 is 2.59 bits per heavy atom. The van der Waals surface area contributed by atoms with Crippen molar-refractivity contribution in [1.29, 1.82) is 0 Å². The van der Waals surface area contributed by atoms with Gasteiger partial charge in [-0.2, -0.15) is 0 Å². The maximum absolute atomic E-state index is 11.9. The quantitative estimate of drug-likeness (QED) is 0.710. The summed E-state index contributed by atoms with van der Waals surface area (Å²) in [6.45, 7) is 7.33. The molecule has 1 aliphatic rings. The molecule has 0 heterocycles. The largest absolute Gasteiger partial charge is 0.377 e. The number of hydrogen-bond acceptors (Lipinski definition) is 3. The van der Waals surface area contributed by atoms with E-state index in [1.165, 1.54) is 12.8 Å². The summed E-state index contributed by atoms with van der Waals surface area (Å²) in [5.41, 5.74) is 0. The van der Waals surface area contributed by atoms with Gasteiger partial charge in [0.2, 0.25) is 5.91 Å². The minimum atomic E-state index is -0.140. The third-order valence-electron chi connectivity index (χ3n) is 3.26. The molecule has 1 aliphatic carbocycles. The summed E-state index contributed by atoms with van der Waals surface area (Å²) in [6.07, 6.45) is 4.91. The molecular weight excluding hydrogens is 216 g/mol. The highest BCUT2D eigenvalue weighted by molar-refractivity contribution is 5.81. The minimum absolute atomic E-state index is 0.112. The third-order valence-corrected chi connectivity index (χ3v) is 3.26. The lowest BCUT2D eigenvalue weighted by Gasteiger charge is -2.19. The topological polar surface area (TPSA) is 50.4 Å². The lowest BCUT2D eigenvalue weighted by atomic mass is 10.2. The van der Waals surface area contributed by atoms with E-state index in [4.69, 9.17) is 4.74 Å². The Bertz CT molecular complexity index is 227. The van der Waals surface area contributed by atoms with E-state index >= 15 is 0 Å². The number of amides is 1. The average Bonchev–Trinajstić information content (AvgIpc) is 2.79. The number of hydrogen-bond donors (Lipinski definition) is 2. The highest BCUT2D eigenvalue weighted by Gasteiger charge is 2.20. The van der Waals surface area contributed by atoms with Gasteiger partial charge in [0.25, 0.3) is 0 Å². The molecule has 4 nitrogen and oxygen atoms in total. The molecule has 0 aromatic carbocycles. The van der Waals surface area contributed by atoms with Crippen LogP contribution in [0.5, 0.6) is 0 Å². The molecule has 1 saturated carbocycles. The molecule has 0 radical (unpaired) electrons. The number of ether oxygens (including phenoxy) is 1. The fourth-order valence-electron chi connectivity index (χ4n) is 2.18. The molecule has 4 heteroatoms. The zero-order valence-corrected chi connectivity index (χ0v) is 11.3. The molecule has 0 spiro atoms. The van der Waals surface area contributed by atoms with E-state index in [0.717, 1.165) is 12.8 Å². The highest BCUT2D eigenvalue weighted by atomic mass is 16.5. The highest BCUT2D eigenvalue weighted by Crippen LogP contribution is 2.17. The van der Waals surface area contributed by atoms with E-state index in [2.05, 4.69) is 10.6 Å². The van der Waals surface area contributed by atoms with Crippen LogP contribution in [0.1, 0.15) is 46.5 Å². The molecule has 0 saturated heterocycles. The number of carbonyl (C=O) groups excluding carboxylic acids is 1. The lowest BCUT2D eigenvalue weighted by molar-refractivity contribution is -0.123. The Hall–Kier alpha value is -0.610. The van der Waals surface area contributed by atoms with Crippen molar-refractivity contribution >= 4 is 5.91 Å². The van der Waals surface area contributed by atoms with Crippen LogP contribution in [0.4, 0.5) is 0 Å². The average molecular weight is 242 g/mol. The van der Waals surface area contributed by atoms with E-state index in [-0.39, 0.29) is 18.1 Å². The van der Waals surface area contributed by atoms with Gasteiger partial charge in [0.1, 0.15) is 0 Å². The van der Waals surface area contributed by atoms with Gasteiger partial charge in [-0.25, -0.2) is 0 Å². The fraction of sp³-hybridized carbons (Fsp3) is 0.923. The first-order chi connectivity index (χ1) is 8.13. The van der Waals surface area contributed by atoms with Crippen molar-refractivity contribution in [1.82, 2.24) is 10.6 Å². The molecule has 1 amide bonds. The summed E-state index contributed by atoms with van der Waals surface area (Å²) < 4.78 is 5.41. The molecule has 0 aliphatic heterocycles. The standard InChI is InChI=1S/C13H26N2O2/c1-4-17-10(2)9-14-11(3)13(16)15-12-7-5-6-8-12/h10-12,14H,4-9H2,1-3H3,(H,15,16). The summed E-state index contributed by atoms with van der Waals surface area (Å²) in [4.78, 5) is 11.9. The zero-order chi connectivity index (χ0) is 12.7. The Morgan fingerprint density at radius 2 is 2.00 bits per heavy atom. The normalized spacial score (nSPS) is 20.2. The maximum atomic E-state index is 11.9. The molecule has 0 aromatic rings. The van der Waals surface area contributed by atoms with E-state index in [0.29, 0.717) is 19.2 Å². The second-order valence-electron chi connectivity index (χ2n) is 4.89. The third kappa shape index (κ3) is 5.50. The predicted octanol–water partition coefficient (Wildman–Crippen LogP) is 1.45. The van der Waals surface area contributed by atoms with Crippen LogP contribution in [-0.4, -0.2) is 37.2 Å². The van der Waals surface area contributed by atoms with Crippen LogP contribution in [0.25, 0.3) is 0 Å². The second-order valence-corrected chi connectivity index (χ2v) is 4.89. The van der Waals surface area contributed by atoms with Gasteiger partial charge in [0.15, 0.2) is 0 Å². The molecule has 0 bridgehead atoms. The Morgan fingerprint density at radius 1 is 1.35 bits per heavy atom. The molecule has 0 aromatic heterocycles. The fourth-order valence-corrected chi connectivity index (χ4v) is 2.18. The SMILES string of the molecule is CCOC(C)CNC(C)C(=O)NC1CCCC1. The van der Waals surface area contributed by atoms with Crippen LogP contribution in [0.3, 0.4) is 0 Å². The van der Waals surface area contributed by atoms with E-state index in [1.54, 1.807) is 0 Å². The summed E-state index contributed by atoms with van der Waals surface area (Å²) in [5.74, 6) is 0.112. The summed E-state index contributed by atoms with van der Waals surface area (Å²) in [5, 5.41) is 6.30. The van der Waals surface area contributed by atoms with Crippen molar-refractivity contribution in [3.8, 4) is 0 Å². The van der Waals surface area contributed by atoms with Gasteiger partial charge in [0.05, 0.1) is 12.1 Å². The molecule has 2 atom stereocenters. The van der Waals surface area contributed by atoms with Gasteiger partial charge < -0.3 is 15.4 Å². The van der Waals surface area contributed by atoms with E-state index < -0.39 is 0 Å². The maximum Gasteiger partial charge on any atom is 0.237 e. The van der Waals surface area contributed by atoms with Crippen LogP contribution < -0.4 is 10.6 Å². The first-order valence-electron chi connectivity index (χ1n) is 6.78. The van der Waals surface area contributed by atoms with Gasteiger partial charge in [-0.1, -0.05) is 12.8 Å². The summed E-state index contributed by atoms with van der Waals surface area (Å²) in [7, 11) is 0. The van der Waals surface area contributed by atoms with Crippen molar-refractivity contribution in [3.05, 3.63) is 0 Å². The first-order valence-corrected chi connectivity index (χ1v) is 6.78. The van der Waals surface area contributed by atoms with E-state index in [9.17, 15) is 4.79 Å². The van der Waals surface area contributed by atoms with Crippen LogP contribution in [0, 0.1) is 0 Å². The van der Waals surface area contributed by atoms with Gasteiger partial charge in [-0.05, 0) is 33.6 Å². The molecule has 1 fully saturated rings. The summed E-state index contributed by atoms with van der Waals surface area (Å²) in [6, 6.07) is 0.259. The smallest absolute Gasteiger partial charge is 0.237 e. The molecule has 100 valence electrons. The monoisotopic (exact) mass is 242 g/mol. The second kappa shape index (κ2) is 7.67. The molecule has 2 unspecified atom stereocenters. The Kier molecular flexibility index (Phi) is 6.52. The Labute approximate surface area is 104 Å². The minimum Gasteiger partial charge on any atom is -0.377 e. The van der Waals surface area contributed by atoms with Gasteiger partial charge >= 0.3 is 0 Å². The molecular formula is C13H26N2O2. The first kappa shape index (κ1) is 14.5. The van der Waals surface area contributed by atoms with Crippen molar-refractivity contribution < 1.29 is 9.53 Å². The van der Waals surface area contributed by atoms with Crippen LogP contribution in [0.15, 0.2) is 0 Å². The van der Waals surface area contributed by atoms with Gasteiger partial charge in [-0.15, -0.1) is 0 Å². The molecule has 2 N–H and O–H groups in total. The number of nitrogens with one attached hydrogen (secondary N) is 2. The molecule has 17 heavy (non-hydrogen) atoms. The van der Waals surface area contributed by atoms with Crippen LogP contribution >= 0.6 is 0 Å². The van der Waals surface area contributed by atoms with Gasteiger partial charge in [-0.3, -0.25) is 4.79 Å².